The van der Waals surface area contributed by atoms with Gasteiger partial charge in [0.1, 0.15) is 0 Å². The summed E-state index contributed by atoms with van der Waals surface area (Å²) in [7, 11) is 0. The number of carbonyl (C=O) groups is 2. The molecule has 0 saturated carbocycles. The van der Waals surface area contributed by atoms with Gasteiger partial charge < -0.3 is 0 Å². The van der Waals surface area contributed by atoms with Crippen molar-refractivity contribution in [3.63, 3.8) is 0 Å². The molecule has 0 aliphatic carbocycles. The second kappa shape index (κ2) is 2.69. The Kier molecular flexibility index (Phi) is 2.52. The molecule has 0 aromatic heterocycles. The number of hydrogen-bond donors (Lipinski definition) is 2. The Balaban J connectivity index is 3.32. The van der Waals surface area contributed by atoms with E-state index in [4.69, 9.17) is 10.2 Å². The van der Waals surface area contributed by atoms with Crippen LogP contribution in [0.3, 0.4) is 0 Å². The fraction of sp³-hybridized carbons (Fsp3) is 0. The standard InChI is InChI=1S/2CHO2.Ru/c2*2-1-3;/h2*(H,2,3);. The van der Waals surface area contributed by atoms with Crippen LogP contribution in [0.5, 0.6) is 0 Å². The van der Waals surface area contributed by atoms with E-state index < -0.39 is 26.3 Å². The van der Waals surface area contributed by atoms with Crippen LogP contribution in [-0.2, 0) is 17.1 Å². The Morgan fingerprint density at radius 2 is 1.43 bits per heavy atom. The maximum absolute atomic E-state index is 9.47. The molecule has 2 N–H and O–H groups in total. The Labute approximate surface area is 46.7 Å². The predicted molar refractivity (Wildman–Crippen MR) is 16.0 cm³/mol. The van der Waals surface area contributed by atoms with Crippen molar-refractivity contribution in [2.75, 3.05) is 0 Å². The molecule has 0 fully saturated rings. The van der Waals surface area contributed by atoms with E-state index in [2.05, 4.69) is 0 Å². The van der Waals surface area contributed by atoms with Crippen LogP contribution in [0.15, 0.2) is 0 Å². The van der Waals surface area contributed by atoms with Gasteiger partial charge in [0.05, 0.1) is 0 Å². The van der Waals surface area contributed by atoms with E-state index in [1.807, 2.05) is 0 Å². The van der Waals surface area contributed by atoms with E-state index in [9.17, 15) is 9.59 Å². The SMILES string of the molecule is O=[C](O)[Ru][C](=O)O. The summed E-state index contributed by atoms with van der Waals surface area (Å²) in [6, 6.07) is 0. The molecule has 0 aliphatic rings. The third-order valence-corrected chi connectivity index (χ3v) is 0.895. The average Bonchev–Trinajstić information content (AvgIpc) is 1.27. The first-order valence-electron chi connectivity index (χ1n) is 1.21. The van der Waals surface area contributed by atoms with Gasteiger partial charge in [-0.15, -0.1) is 0 Å². The molecular formula is C2H2O4Ru. The van der Waals surface area contributed by atoms with E-state index in [1.54, 1.807) is 0 Å². The van der Waals surface area contributed by atoms with Crippen molar-refractivity contribution in [2.24, 2.45) is 0 Å². The normalized spacial score (nSPS) is 8.57. The summed E-state index contributed by atoms with van der Waals surface area (Å²) in [5.41, 5.74) is 0. The van der Waals surface area contributed by atoms with Gasteiger partial charge >= 0.3 is 46.1 Å². The molecule has 7 heavy (non-hydrogen) atoms. The Morgan fingerprint density at radius 3 is 1.43 bits per heavy atom. The zero-order valence-corrected chi connectivity index (χ0v) is 4.80. The van der Waals surface area contributed by atoms with Gasteiger partial charge in [0.2, 0.25) is 0 Å². The van der Waals surface area contributed by atoms with Crippen LogP contribution in [0.25, 0.3) is 0 Å². The van der Waals surface area contributed by atoms with Crippen molar-refractivity contribution in [1.29, 1.82) is 0 Å². The van der Waals surface area contributed by atoms with Gasteiger partial charge in [-0.2, -0.15) is 0 Å². The molecule has 0 heterocycles. The third kappa shape index (κ3) is 5.56. The summed E-state index contributed by atoms with van der Waals surface area (Å²) in [6.07, 6.45) is 0. The fourth-order valence-corrected chi connectivity index (χ4v) is 0.383. The van der Waals surface area contributed by atoms with Gasteiger partial charge in [0.25, 0.3) is 0 Å². The Morgan fingerprint density at radius 1 is 1.14 bits per heavy atom. The van der Waals surface area contributed by atoms with E-state index in [0.717, 1.165) is 0 Å². The van der Waals surface area contributed by atoms with Crippen molar-refractivity contribution in [3.05, 3.63) is 0 Å². The zero-order valence-electron chi connectivity index (χ0n) is 3.06. The summed E-state index contributed by atoms with van der Waals surface area (Å²) in [5.74, 6) is 0. The quantitative estimate of drug-likeness (QED) is 0.620. The molecule has 0 spiro atoms. The first-order valence-corrected chi connectivity index (χ1v) is 2.95. The summed E-state index contributed by atoms with van der Waals surface area (Å²) in [5, 5.41) is 15.5. The summed E-state index contributed by atoms with van der Waals surface area (Å²) >= 11 is -1.51. The zero-order chi connectivity index (χ0) is 5.86. The molecule has 0 aromatic rings. The van der Waals surface area contributed by atoms with Crippen LogP contribution in [0, 0.1) is 0 Å². The van der Waals surface area contributed by atoms with E-state index >= 15 is 0 Å². The molecular weight excluding hydrogens is 189 g/mol. The molecule has 0 aromatic carbocycles. The average molecular weight is 191 g/mol. The van der Waals surface area contributed by atoms with Crippen molar-refractivity contribution in [1.82, 2.24) is 0 Å². The third-order valence-electron chi connectivity index (χ3n) is 0.151. The van der Waals surface area contributed by atoms with Crippen LogP contribution in [0.1, 0.15) is 0 Å². The van der Waals surface area contributed by atoms with Crippen LogP contribution >= 0.6 is 0 Å². The van der Waals surface area contributed by atoms with Gasteiger partial charge in [0.15, 0.2) is 0 Å². The minimum absolute atomic E-state index is 1.22. The fourth-order valence-electron chi connectivity index (χ4n) is 0.0647. The van der Waals surface area contributed by atoms with E-state index in [-0.39, 0.29) is 0 Å². The molecule has 0 aliphatic heterocycles. The predicted octanol–water partition coefficient (Wildman–Crippen LogP) is 0.425. The number of hydrogen-bond acceptors (Lipinski definition) is 2. The maximum atomic E-state index is 9.47. The summed E-state index contributed by atoms with van der Waals surface area (Å²) < 4.78 is -2.44. The van der Waals surface area contributed by atoms with Gasteiger partial charge in [-0.25, -0.2) is 0 Å². The molecule has 0 atom stereocenters. The van der Waals surface area contributed by atoms with Crippen molar-refractivity contribution in [2.45, 2.75) is 0 Å². The van der Waals surface area contributed by atoms with Crippen LogP contribution < -0.4 is 0 Å². The van der Waals surface area contributed by atoms with Gasteiger partial charge in [-0.3, -0.25) is 0 Å². The summed E-state index contributed by atoms with van der Waals surface area (Å²) in [4.78, 5) is 18.9. The van der Waals surface area contributed by atoms with E-state index in [0.29, 0.717) is 0 Å². The second-order valence-electron chi connectivity index (χ2n) is 0.573. The molecule has 0 saturated heterocycles. The molecule has 0 amide bonds. The molecule has 4 nitrogen and oxygen atoms in total. The molecule has 0 radical (unpaired) electrons. The molecule has 42 valence electrons. The van der Waals surface area contributed by atoms with Crippen molar-refractivity contribution >= 4 is 9.13 Å². The first kappa shape index (κ1) is 6.56. The van der Waals surface area contributed by atoms with Crippen LogP contribution in [0.2, 0.25) is 0 Å². The van der Waals surface area contributed by atoms with Gasteiger partial charge in [0, 0.05) is 0 Å². The topological polar surface area (TPSA) is 74.6 Å². The van der Waals surface area contributed by atoms with Crippen molar-refractivity contribution in [3.8, 4) is 0 Å². The first-order chi connectivity index (χ1) is 3.13. The molecule has 5 heteroatoms. The molecule has 0 unspecified atom stereocenters. The van der Waals surface area contributed by atoms with Crippen LogP contribution in [-0.4, -0.2) is 19.3 Å². The Bertz CT molecular complexity index is 85.9. The van der Waals surface area contributed by atoms with Crippen LogP contribution in [0.4, 0.5) is 9.59 Å². The van der Waals surface area contributed by atoms with Gasteiger partial charge in [-0.05, 0) is 0 Å². The number of carboxylic acid groups (broad SMARTS) is 2. The number of rotatable bonds is 2. The van der Waals surface area contributed by atoms with Gasteiger partial charge in [-0.1, -0.05) is 0 Å². The van der Waals surface area contributed by atoms with E-state index in [1.165, 1.54) is 0 Å². The Hall–Kier alpha value is -0.437. The minimum atomic E-state index is -1.51. The molecule has 0 rings (SSSR count). The second-order valence-corrected chi connectivity index (χ2v) is 2.49. The monoisotopic (exact) mass is 192 g/mol. The van der Waals surface area contributed by atoms with Crippen molar-refractivity contribution < 1.29 is 36.9 Å². The molecule has 0 bridgehead atoms. The summed E-state index contributed by atoms with van der Waals surface area (Å²) in [6.45, 7) is 0.